The fourth-order valence-corrected chi connectivity index (χ4v) is 2.95. The third-order valence-corrected chi connectivity index (χ3v) is 4.36. The molecule has 1 aromatic carbocycles. The standard InChI is InChI=1S/C17H20ClN5O/c1-12-11-14(18)3-4-15(12)20-17-19-6-5-16(21-17)23-9-7-22(8-10-23)13(2)24/h3-6,11H,7-10H2,1-2H3,(H,19,20,21). The number of nitrogens with one attached hydrogen (secondary N) is 1. The smallest absolute Gasteiger partial charge is 0.229 e. The van der Waals surface area contributed by atoms with Crippen molar-refractivity contribution in [1.82, 2.24) is 14.9 Å². The van der Waals surface area contributed by atoms with Gasteiger partial charge in [-0.3, -0.25) is 4.79 Å². The van der Waals surface area contributed by atoms with Gasteiger partial charge in [0.25, 0.3) is 0 Å². The number of amides is 1. The Hall–Kier alpha value is -2.34. The molecule has 0 spiro atoms. The largest absolute Gasteiger partial charge is 0.353 e. The van der Waals surface area contributed by atoms with Crippen LogP contribution in [0.5, 0.6) is 0 Å². The molecule has 2 aromatic rings. The Morgan fingerprint density at radius 3 is 2.62 bits per heavy atom. The van der Waals surface area contributed by atoms with Crippen LogP contribution < -0.4 is 10.2 Å². The number of nitrogens with zero attached hydrogens (tertiary/aromatic N) is 4. The number of benzene rings is 1. The van der Waals surface area contributed by atoms with Gasteiger partial charge in [-0.2, -0.15) is 4.98 Å². The summed E-state index contributed by atoms with van der Waals surface area (Å²) in [6.45, 7) is 6.58. The number of halogens is 1. The molecule has 2 heterocycles. The number of hydrogen-bond donors (Lipinski definition) is 1. The van der Waals surface area contributed by atoms with Crippen LogP contribution in [0.2, 0.25) is 5.02 Å². The van der Waals surface area contributed by atoms with Gasteiger partial charge in [-0.25, -0.2) is 4.98 Å². The first-order valence-corrected chi connectivity index (χ1v) is 8.27. The van der Waals surface area contributed by atoms with Gasteiger partial charge < -0.3 is 15.1 Å². The van der Waals surface area contributed by atoms with Crippen molar-refractivity contribution in [3.8, 4) is 0 Å². The molecular formula is C17H20ClN5O. The van der Waals surface area contributed by atoms with Gasteiger partial charge in [-0.05, 0) is 36.8 Å². The Morgan fingerprint density at radius 2 is 1.96 bits per heavy atom. The maximum absolute atomic E-state index is 11.4. The van der Waals surface area contributed by atoms with Gasteiger partial charge in [-0.1, -0.05) is 11.6 Å². The predicted molar refractivity (Wildman–Crippen MR) is 96.0 cm³/mol. The highest BCUT2D eigenvalue weighted by Gasteiger charge is 2.19. The van der Waals surface area contributed by atoms with Gasteiger partial charge in [0.1, 0.15) is 5.82 Å². The summed E-state index contributed by atoms with van der Waals surface area (Å²) in [5.41, 5.74) is 1.96. The van der Waals surface area contributed by atoms with Gasteiger partial charge in [0.2, 0.25) is 11.9 Å². The van der Waals surface area contributed by atoms with Crippen molar-refractivity contribution in [3.63, 3.8) is 0 Å². The van der Waals surface area contributed by atoms with Crippen LogP contribution in [0.15, 0.2) is 30.5 Å². The Morgan fingerprint density at radius 1 is 1.21 bits per heavy atom. The number of carbonyl (C=O) groups excluding carboxylic acids is 1. The molecule has 24 heavy (non-hydrogen) atoms. The van der Waals surface area contributed by atoms with Crippen molar-refractivity contribution >= 4 is 35.0 Å². The van der Waals surface area contributed by atoms with Crippen LogP contribution in [0.4, 0.5) is 17.5 Å². The van der Waals surface area contributed by atoms with Gasteiger partial charge >= 0.3 is 0 Å². The van der Waals surface area contributed by atoms with Crippen LogP contribution >= 0.6 is 11.6 Å². The molecule has 1 fully saturated rings. The van der Waals surface area contributed by atoms with E-state index in [1.165, 1.54) is 0 Å². The van der Waals surface area contributed by atoms with Gasteiger partial charge in [-0.15, -0.1) is 0 Å². The van der Waals surface area contributed by atoms with Crippen LogP contribution in [0, 0.1) is 6.92 Å². The third-order valence-electron chi connectivity index (χ3n) is 4.12. The number of carbonyl (C=O) groups is 1. The molecule has 1 aromatic heterocycles. The first kappa shape index (κ1) is 16.5. The normalized spacial score (nSPS) is 14.6. The van der Waals surface area contributed by atoms with Crippen LogP contribution in [0.1, 0.15) is 12.5 Å². The predicted octanol–water partition coefficient (Wildman–Crippen LogP) is 2.85. The van der Waals surface area contributed by atoms with Gasteiger partial charge in [0.15, 0.2) is 0 Å². The van der Waals surface area contributed by atoms with Crippen LogP contribution in [0.3, 0.4) is 0 Å². The second kappa shape index (κ2) is 7.05. The monoisotopic (exact) mass is 345 g/mol. The van der Waals surface area contributed by atoms with E-state index < -0.39 is 0 Å². The Bertz CT molecular complexity index is 744. The fourth-order valence-electron chi connectivity index (χ4n) is 2.72. The van der Waals surface area contributed by atoms with E-state index in [-0.39, 0.29) is 5.91 Å². The summed E-state index contributed by atoms with van der Waals surface area (Å²) in [4.78, 5) is 24.3. The molecule has 1 saturated heterocycles. The number of aromatic nitrogens is 2. The molecule has 0 bridgehead atoms. The zero-order valence-electron chi connectivity index (χ0n) is 13.8. The van der Waals surface area contributed by atoms with E-state index in [1.54, 1.807) is 13.1 Å². The van der Waals surface area contributed by atoms with E-state index in [2.05, 4.69) is 20.2 Å². The molecule has 1 aliphatic heterocycles. The summed E-state index contributed by atoms with van der Waals surface area (Å²) in [7, 11) is 0. The van der Waals surface area contributed by atoms with Crippen LogP contribution in [-0.4, -0.2) is 47.0 Å². The number of aryl methyl sites for hydroxylation is 1. The summed E-state index contributed by atoms with van der Waals surface area (Å²) in [5.74, 6) is 1.53. The van der Waals surface area contributed by atoms with Crippen molar-refractivity contribution in [1.29, 1.82) is 0 Å². The molecule has 0 unspecified atom stereocenters. The second-order valence-corrected chi connectivity index (χ2v) is 6.25. The SMILES string of the molecule is CC(=O)N1CCN(c2ccnc(Nc3ccc(Cl)cc3C)n2)CC1. The highest BCUT2D eigenvalue weighted by molar-refractivity contribution is 6.30. The first-order valence-electron chi connectivity index (χ1n) is 7.89. The zero-order valence-corrected chi connectivity index (χ0v) is 14.5. The second-order valence-electron chi connectivity index (χ2n) is 5.82. The molecule has 1 aliphatic rings. The number of hydrogen-bond acceptors (Lipinski definition) is 5. The van der Waals surface area contributed by atoms with Crippen LogP contribution in [-0.2, 0) is 4.79 Å². The number of rotatable bonds is 3. The van der Waals surface area contributed by atoms with Crippen LogP contribution in [0.25, 0.3) is 0 Å². The molecule has 1 N–H and O–H groups in total. The fraction of sp³-hybridized carbons (Fsp3) is 0.353. The highest BCUT2D eigenvalue weighted by atomic mass is 35.5. The van der Waals surface area contributed by atoms with Crippen molar-refractivity contribution in [2.45, 2.75) is 13.8 Å². The molecule has 1 amide bonds. The minimum Gasteiger partial charge on any atom is -0.353 e. The lowest BCUT2D eigenvalue weighted by Gasteiger charge is -2.34. The summed E-state index contributed by atoms with van der Waals surface area (Å²) >= 11 is 5.99. The Balaban J connectivity index is 1.71. The molecule has 0 aliphatic carbocycles. The molecule has 0 radical (unpaired) electrons. The Kier molecular flexibility index (Phi) is 4.85. The topological polar surface area (TPSA) is 61.4 Å². The van der Waals surface area contributed by atoms with Crippen molar-refractivity contribution < 1.29 is 4.79 Å². The lowest BCUT2D eigenvalue weighted by Crippen LogP contribution is -2.48. The zero-order chi connectivity index (χ0) is 17.1. The molecule has 7 heteroatoms. The highest BCUT2D eigenvalue weighted by Crippen LogP contribution is 2.23. The van der Waals surface area contributed by atoms with E-state index in [0.717, 1.165) is 43.2 Å². The van der Waals surface area contributed by atoms with Crippen molar-refractivity contribution in [2.24, 2.45) is 0 Å². The molecule has 0 saturated carbocycles. The lowest BCUT2D eigenvalue weighted by atomic mass is 10.2. The summed E-state index contributed by atoms with van der Waals surface area (Å²) in [5, 5.41) is 3.94. The minimum absolute atomic E-state index is 0.123. The molecule has 0 atom stereocenters. The maximum Gasteiger partial charge on any atom is 0.229 e. The van der Waals surface area contributed by atoms with E-state index in [9.17, 15) is 4.79 Å². The third kappa shape index (κ3) is 3.76. The first-order chi connectivity index (χ1) is 11.5. The molecule has 3 rings (SSSR count). The average Bonchev–Trinajstić information content (AvgIpc) is 2.58. The van der Waals surface area contributed by atoms with Gasteiger partial charge in [0, 0.05) is 50.0 Å². The van der Waals surface area contributed by atoms with E-state index in [1.807, 2.05) is 36.1 Å². The van der Waals surface area contributed by atoms with E-state index in [0.29, 0.717) is 11.0 Å². The minimum atomic E-state index is 0.123. The summed E-state index contributed by atoms with van der Waals surface area (Å²) in [6.07, 6.45) is 1.74. The van der Waals surface area contributed by atoms with Gasteiger partial charge in [0.05, 0.1) is 0 Å². The summed E-state index contributed by atoms with van der Waals surface area (Å²) in [6, 6.07) is 7.54. The van der Waals surface area contributed by atoms with Crippen molar-refractivity contribution in [2.75, 3.05) is 36.4 Å². The Labute approximate surface area is 146 Å². The molecular weight excluding hydrogens is 326 g/mol. The van der Waals surface area contributed by atoms with E-state index in [4.69, 9.17) is 11.6 Å². The molecule has 126 valence electrons. The maximum atomic E-state index is 11.4. The number of anilines is 3. The lowest BCUT2D eigenvalue weighted by molar-refractivity contribution is -0.129. The van der Waals surface area contributed by atoms with E-state index >= 15 is 0 Å². The quantitative estimate of drug-likeness (QED) is 0.926. The molecule has 6 nitrogen and oxygen atoms in total. The number of piperazine rings is 1. The summed E-state index contributed by atoms with van der Waals surface area (Å²) < 4.78 is 0. The average molecular weight is 346 g/mol. The van der Waals surface area contributed by atoms with Crippen molar-refractivity contribution in [3.05, 3.63) is 41.0 Å².